The molecule has 1 aromatic carbocycles. The Morgan fingerprint density at radius 3 is 2.67 bits per heavy atom. The lowest BCUT2D eigenvalue weighted by Crippen LogP contribution is -2.64. The molecule has 4 heteroatoms. The first kappa shape index (κ1) is 14.5. The molecule has 2 aliphatic rings. The average molecular weight is 290 g/mol. The van der Waals surface area contributed by atoms with Crippen LogP contribution < -0.4 is 19.7 Å². The number of fused-ring (bicyclic) bond motifs is 1. The number of ether oxygens (including phenoxy) is 2. The number of hydrogen-bond acceptors (Lipinski definition) is 4. The number of hydrogen-bond donors (Lipinski definition) is 1. The Hall–Kier alpha value is -1.42. The zero-order valence-corrected chi connectivity index (χ0v) is 13.3. The highest BCUT2D eigenvalue weighted by Crippen LogP contribution is 2.37. The highest BCUT2D eigenvalue weighted by Gasteiger charge is 2.36. The molecule has 0 amide bonds. The molecule has 2 heterocycles. The molecule has 116 valence electrons. The van der Waals surface area contributed by atoms with Gasteiger partial charge in [-0.3, -0.25) is 0 Å². The van der Waals surface area contributed by atoms with Crippen molar-refractivity contribution in [2.75, 3.05) is 24.8 Å². The van der Waals surface area contributed by atoms with Crippen LogP contribution in [-0.2, 0) is 0 Å². The maximum absolute atomic E-state index is 5.54. The largest absolute Gasteiger partial charge is 0.454 e. The number of piperazine rings is 1. The molecule has 1 N–H and O–H groups in total. The summed E-state index contributed by atoms with van der Waals surface area (Å²) in [4.78, 5) is 2.55. The Morgan fingerprint density at radius 1 is 1.19 bits per heavy atom. The summed E-state index contributed by atoms with van der Waals surface area (Å²) < 4.78 is 11.0. The maximum atomic E-state index is 5.54. The molecule has 0 bridgehead atoms. The third-order valence-electron chi connectivity index (χ3n) is 5.14. The van der Waals surface area contributed by atoms with Gasteiger partial charge >= 0.3 is 0 Å². The van der Waals surface area contributed by atoms with Gasteiger partial charge in [0.2, 0.25) is 6.79 Å². The average Bonchev–Trinajstić information content (AvgIpc) is 3.01. The predicted molar refractivity (Wildman–Crippen MR) is 85.3 cm³/mol. The van der Waals surface area contributed by atoms with Crippen LogP contribution in [0.4, 0.5) is 5.69 Å². The van der Waals surface area contributed by atoms with Crippen molar-refractivity contribution in [1.29, 1.82) is 0 Å². The summed E-state index contributed by atoms with van der Waals surface area (Å²) in [6.45, 7) is 9.26. The molecule has 2 aliphatic heterocycles. The van der Waals surface area contributed by atoms with E-state index in [1.165, 1.54) is 5.69 Å². The SMILES string of the molecule is CCC1CNC(CC)(CC)CN1c1ccc2c(c1)OCO2. The maximum Gasteiger partial charge on any atom is 0.231 e. The van der Waals surface area contributed by atoms with Crippen LogP contribution in [0.25, 0.3) is 0 Å². The van der Waals surface area contributed by atoms with E-state index < -0.39 is 0 Å². The van der Waals surface area contributed by atoms with Gasteiger partial charge in [-0.2, -0.15) is 0 Å². The lowest BCUT2D eigenvalue weighted by Gasteiger charge is -2.48. The highest BCUT2D eigenvalue weighted by atomic mass is 16.7. The van der Waals surface area contributed by atoms with E-state index >= 15 is 0 Å². The highest BCUT2D eigenvalue weighted by molar-refractivity contribution is 5.58. The number of nitrogens with one attached hydrogen (secondary N) is 1. The fraction of sp³-hybridized carbons (Fsp3) is 0.647. The molecule has 1 saturated heterocycles. The predicted octanol–water partition coefficient (Wildman–Crippen LogP) is 3.16. The minimum absolute atomic E-state index is 0.224. The van der Waals surface area contributed by atoms with Crippen LogP contribution in [0.3, 0.4) is 0 Å². The van der Waals surface area contributed by atoms with Crippen molar-refractivity contribution >= 4 is 5.69 Å². The third-order valence-corrected chi connectivity index (χ3v) is 5.14. The van der Waals surface area contributed by atoms with Gasteiger partial charge in [0, 0.05) is 36.4 Å². The van der Waals surface area contributed by atoms with E-state index in [-0.39, 0.29) is 5.54 Å². The second kappa shape index (κ2) is 5.76. The van der Waals surface area contributed by atoms with E-state index in [4.69, 9.17) is 9.47 Å². The zero-order valence-electron chi connectivity index (χ0n) is 13.3. The standard InChI is InChI=1S/C17H26N2O2/c1-4-13-10-18-17(5-2,6-3)11-19(13)14-7-8-15-16(9-14)21-12-20-15/h7-9,13,18H,4-6,10-12H2,1-3H3. The van der Waals surface area contributed by atoms with Crippen LogP contribution in [-0.4, -0.2) is 31.5 Å². The lowest BCUT2D eigenvalue weighted by atomic mass is 9.87. The summed E-state index contributed by atoms with van der Waals surface area (Å²) in [7, 11) is 0. The molecule has 0 aromatic heterocycles. The van der Waals surface area contributed by atoms with Crippen molar-refractivity contribution in [1.82, 2.24) is 5.32 Å². The second-order valence-electron chi connectivity index (χ2n) is 6.10. The Kier molecular flexibility index (Phi) is 3.98. The number of rotatable bonds is 4. The summed E-state index contributed by atoms with van der Waals surface area (Å²) in [6, 6.07) is 6.87. The van der Waals surface area contributed by atoms with Crippen molar-refractivity contribution in [2.24, 2.45) is 0 Å². The summed E-state index contributed by atoms with van der Waals surface area (Å²) in [5.41, 5.74) is 1.47. The van der Waals surface area contributed by atoms with Gasteiger partial charge in [-0.15, -0.1) is 0 Å². The van der Waals surface area contributed by atoms with Crippen LogP contribution in [0.5, 0.6) is 11.5 Å². The van der Waals surface area contributed by atoms with Crippen LogP contribution in [0.2, 0.25) is 0 Å². The Balaban J connectivity index is 1.89. The quantitative estimate of drug-likeness (QED) is 0.923. The molecule has 21 heavy (non-hydrogen) atoms. The van der Waals surface area contributed by atoms with E-state index in [0.29, 0.717) is 12.8 Å². The van der Waals surface area contributed by atoms with Gasteiger partial charge in [-0.05, 0) is 31.4 Å². The van der Waals surface area contributed by atoms with Crippen molar-refractivity contribution in [2.45, 2.75) is 51.6 Å². The second-order valence-corrected chi connectivity index (χ2v) is 6.10. The molecule has 0 radical (unpaired) electrons. The molecule has 1 atom stereocenters. The fourth-order valence-electron chi connectivity index (χ4n) is 3.41. The monoisotopic (exact) mass is 290 g/mol. The molecular formula is C17H26N2O2. The zero-order chi connectivity index (χ0) is 14.9. The van der Waals surface area contributed by atoms with Crippen molar-refractivity contribution in [3.05, 3.63) is 18.2 Å². The summed E-state index contributed by atoms with van der Waals surface area (Å²) in [5.74, 6) is 1.73. The van der Waals surface area contributed by atoms with Crippen molar-refractivity contribution in [3.63, 3.8) is 0 Å². The van der Waals surface area contributed by atoms with Gasteiger partial charge in [-0.1, -0.05) is 20.8 Å². The molecule has 0 saturated carbocycles. The molecule has 0 spiro atoms. The molecule has 3 rings (SSSR count). The molecule has 0 aliphatic carbocycles. The number of nitrogens with zero attached hydrogens (tertiary/aromatic N) is 1. The first-order valence-corrected chi connectivity index (χ1v) is 8.12. The van der Waals surface area contributed by atoms with E-state index in [9.17, 15) is 0 Å². The summed E-state index contributed by atoms with van der Waals surface area (Å²) in [6.07, 6.45) is 3.45. The lowest BCUT2D eigenvalue weighted by molar-refractivity contribution is 0.174. The van der Waals surface area contributed by atoms with Crippen LogP contribution >= 0.6 is 0 Å². The molecule has 1 fully saturated rings. The van der Waals surface area contributed by atoms with Crippen molar-refractivity contribution < 1.29 is 9.47 Å². The van der Waals surface area contributed by atoms with Gasteiger partial charge in [0.15, 0.2) is 11.5 Å². The minimum Gasteiger partial charge on any atom is -0.454 e. The van der Waals surface area contributed by atoms with E-state index in [1.807, 2.05) is 6.07 Å². The smallest absolute Gasteiger partial charge is 0.231 e. The first-order valence-electron chi connectivity index (χ1n) is 8.12. The molecule has 1 unspecified atom stereocenters. The van der Waals surface area contributed by atoms with E-state index in [1.54, 1.807) is 0 Å². The van der Waals surface area contributed by atoms with Gasteiger partial charge < -0.3 is 19.7 Å². The molecular weight excluding hydrogens is 264 g/mol. The Bertz CT molecular complexity index is 500. The van der Waals surface area contributed by atoms with Crippen LogP contribution in [0.15, 0.2) is 18.2 Å². The normalized spacial score (nSPS) is 23.4. The van der Waals surface area contributed by atoms with Crippen LogP contribution in [0, 0.1) is 0 Å². The van der Waals surface area contributed by atoms with E-state index in [2.05, 4.69) is 43.1 Å². The summed E-state index contributed by atoms with van der Waals surface area (Å²) in [5, 5.41) is 3.79. The first-order chi connectivity index (χ1) is 10.2. The Morgan fingerprint density at radius 2 is 1.95 bits per heavy atom. The molecule has 4 nitrogen and oxygen atoms in total. The summed E-state index contributed by atoms with van der Waals surface area (Å²) >= 11 is 0. The van der Waals surface area contributed by atoms with Crippen LogP contribution in [0.1, 0.15) is 40.0 Å². The van der Waals surface area contributed by atoms with Gasteiger partial charge in [-0.25, -0.2) is 0 Å². The van der Waals surface area contributed by atoms with Gasteiger partial charge in [0.25, 0.3) is 0 Å². The fourth-order valence-corrected chi connectivity index (χ4v) is 3.41. The number of anilines is 1. The third kappa shape index (κ3) is 2.57. The number of benzene rings is 1. The van der Waals surface area contributed by atoms with Gasteiger partial charge in [0.05, 0.1) is 0 Å². The minimum atomic E-state index is 0.224. The van der Waals surface area contributed by atoms with E-state index in [0.717, 1.165) is 43.9 Å². The Labute approximate surface area is 127 Å². The molecule has 1 aromatic rings. The van der Waals surface area contributed by atoms with Crippen molar-refractivity contribution in [3.8, 4) is 11.5 Å². The topological polar surface area (TPSA) is 33.7 Å². The van der Waals surface area contributed by atoms with Gasteiger partial charge in [0.1, 0.15) is 0 Å².